The Morgan fingerprint density at radius 2 is 2.11 bits per heavy atom. The van der Waals surface area contributed by atoms with Crippen molar-refractivity contribution in [2.45, 2.75) is 39.2 Å². The van der Waals surface area contributed by atoms with E-state index < -0.39 is 0 Å². The lowest BCUT2D eigenvalue weighted by Gasteiger charge is -2.23. The van der Waals surface area contributed by atoms with E-state index in [1.807, 2.05) is 24.3 Å². The molecule has 0 atom stereocenters. The van der Waals surface area contributed by atoms with E-state index in [0.717, 1.165) is 36.5 Å². The molecule has 19 heavy (non-hydrogen) atoms. The van der Waals surface area contributed by atoms with Gasteiger partial charge in [-0.2, -0.15) is 0 Å². The highest BCUT2D eigenvalue weighted by Crippen LogP contribution is 2.27. The van der Waals surface area contributed by atoms with Gasteiger partial charge in [-0.25, -0.2) is 0 Å². The molecule has 0 spiro atoms. The molecule has 1 aromatic carbocycles. The van der Waals surface area contributed by atoms with Gasteiger partial charge in [0.25, 0.3) is 0 Å². The highest BCUT2D eigenvalue weighted by Gasteiger charge is 2.28. The SMILES string of the molecule is CC(C)CCN(CCOc1cccc(N)c1)C1CC1. The summed E-state index contributed by atoms with van der Waals surface area (Å²) in [5, 5.41) is 0. The third-order valence-corrected chi connectivity index (χ3v) is 3.56. The Hall–Kier alpha value is -1.22. The van der Waals surface area contributed by atoms with Crippen molar-refractivity contribution in [2.75, 3.05) is 25.4 Å². The molecule has 0 bridgehead atoms. The van der Waals surface area contributed by atoms with E-state index in [-0.39, 0.29) is 0 Å². The maximum absolute atomic E-state index is 5.78. The molecular formula is C16H26N2O. The predicted octanol–water partition coefficient (Wildman–Crippen LogP) is 3.16. The lowest BCUT2D eigenvalue weighted by Crippen LogP contribution is -2.32. The van der Waals surface area contributed by atoms with Gasteiger partial charge < -0.3 is 10.5 Å². The van der Waals surface area contributed by atoms with Crippen molar-refractivity contribution in [3.05, 3.63) is 24.3 Å². The fourth-order valence-corrected chi connectivity index (χ4v) is 2.23. The zero-order valence-corrected chi connectivity index (χ0v) is 12.1. The molecule has 1 aliphatic rings. The number of ether oxygens (including phenoxy) is 1. The van der Waals surface area contributed by atoms with Gasteiger partial charge in [-0.3, -0.25) is 4.90 Å². The number of anilines is 1. The Morgan fingerprint density at radius 1 is 1.32 bits per heavy atom. The van der Waals surface area contributed by atoms with Crippen LogP contribution in [0.5, 0.6) is 5.75 Å². The van der Waals surface area contributed by atoms with Crippen molar-refractivity contribution in [3.8, 4) is 5.75 Å². The molecule has 0 saturated heterocycles. The minimum atomic E-state index is 0.748. The van der Waals surface area contributed by atoms with E-state index in [4.69, 9.17) is 10.5 Å². The Bertz CT molecular complexity index is 388. The predicted molar refractivity (Wildman–Crippen MR) is 80.4 cm³/mol. The number of nitrogens with two attached hydrogens (primary N) is 1. The van der Waals surface area contributed by atoms with Crippen molar-refractivity contribution in [3.63, 3.8) is 0 Å². The second-order valence-electron chi connectivity index (χ2n) is 5.87. The summed E-state index contributed by atoms with van der Waals surface area (Å²) < 4.78 is 5.78. The molecule has 0 aromatic heterocycles. The largest absolute Gasteiger partial charge is 0.492 e. The maximum Gasteiger partial charge on any atom is 0.121 e. The molecule has 1 aliphatic carbocycles. The van der Waals surface area contributed by atoms with Crippen molar-refractivity contribution in [1.82, 2.24) is 4.90 Å². The average molecular weight is 262 g/mol. The Kier molecular flexibility index (Phi) is 5.08. The molecule has 3 nitrogen and oxygen atoms in total. The van der Waals surface area contributed by atoms with Crippen LogP contribution in [0.25, 0.3) is 0 Å². The summed E-state index contributed by atoms with van der Waals surface area (Å²) in [7, 11) is 0. The van der Waals surface area contributed by atoms with Crippen LogP contribution >= 0.6 is 0 Å². The van der Waals surface area contributed by atoms with Crippen LogP contribution in [0.1, 0.15) is 33.1 Å². The quantitative estimate of drug-likeness (QED) is 0.731. The lowest BCUT2D eigenvalue weighted by atomic mass is 10.1. The molecule has 3 heteroatoms. The van der Waals surface area contributed by atoms with Gasteiger partial charge in [0.1, 0.15) is 12.4 Å². The lowest BCUT2D eigenvalue weighted by molar-refractivity contribution is 0.194. The summed E-state index contributed by atoms with van der Waals surface area (Å²) >= 11 is 0. The monoisotopic (exact) mass is 262 g/mol. The molecule has 1 fully saturated rings. The fourth-order valence-electron chi connectivity index (χ4n) is 2.23. The van der Waals surface area contributed by atoms with Gasteiger partial charge in [-0.1, -0.05) is 19.9 Å². The molecule has 0 amide bonds. The first-order chi connectivity index (χ1) is 9.15. The summed E-state index contributed by atoms with van der Waals surface area (Å²) in [5.74, 6) is 1.65. The van der Waals surface area contributed by atoms with E-state index in [0.29, 0.717) is 0 Å². The first-order valence-corrected chi connectivity index (χ1v) is 7.37. The summed E-state index contributed by atoms with van der Waals surface area (Å²) in [4.78, 5) is 2.58. The van der Waals surface area contributed by atoms with Crippen molar-refractivity contribution in [1.29, 1.82) is 0 Å². The van der Waals surface area contributed by atoms with E-state index in [9.17, 15) is 0 Å². The minimum absolute atomic E-state index is 0.748. The van der Waals surface area contributed by atoms with Crippen LogP contribution in [0.4, 0.5) is 5.69 Å². The maximum atomic E-state index is 5.78. The van der Waals surface area contributed by atoms with Crippen LogP contribution < -0.4 is 10.5 Å². The van der Waals surface area contributed by atoms with Gasteiger partial charge >= 0.3 is 0 Å². The molecule has 106 valence electrons. The van der Waals surface area contributed by atoms with Gasteiger partial charge in [0.15, 0.2) is 0 Å². The third-order valence-electron chi connectivity index (χ3n) is 3.56. The Labute approximate surface area is 116 Å². The number of nitrogen functional groups attached to an aromatic ring is 1. The van der Waals surface area contributed by atoms with Gasteiger partial charge in [-0.15, -0.1) is 0 Å². The third kappa shape index (κ3) is 5.11. The summed E-state index contributed by atoms with van der Waals surface area (Å²) in [5.41, 5.74) is 6.50. The van der Waals surface area contributed by atoms with Gasteiger partial charge in [0.2, 0.25) is 0 Å². The van der Waals surface area contributed by atoms with Gasteiger partial charge in [0, 0.05) is 24.3 Å². The van der Waals surface area contributed by atoms with E-state index >= 15 is 0 Å². The number of rotatable bonds is 8. The molecule has 0 heterocycles. The molecule has 1 aromatic rings. The van der Waals surface area contributed by atoms with Gasteiger partial charge in [0.05, 0.1) is 0 Å². The fraction of sp³-hybridized carbons (Fsp3) is 0.625. The molecule has 0 radical (unpaired) electrons. The zero-order chi connectivity index (χ0) is 13.7. The molecular weight excluding hydrogens is 236 g/mol. The van der Waals surface area contributed by atoms with E-state index in [2.05, 4.69) is 18.7 Å². The Balaban J connectivity index is 1.73. The molecule has 2 N–H and O–H groups in total. The summed E-state index contributed by atoms with van der Waals surface area (Å²) in [6.07, 6.45) is 3.99. The summed E-state index contributed by atoms with van der Waals surface area (Å²) in [6, 6.07) is 8.47. The average Bonchev–Trinajstić information content (AvgIpc) is 3.17. The number of benzene rings is 1. The van der Waals surface area contributed by atoms with Crippen LogP contribution in [0, 0.1) is 5.92 Å². The van der Waals surface area contributed by atoms with E-state index in [1.54, 1.807) is 0 Å². The smallest absolute Gasteiger partial charge is 0.121 e. The first-order valence-electron chi connectivity index (χ1n) is 7.37. The molecule has 1 saturated carbocycles. The van der Waals surface area contributed by atoms with Crippen LogP contribution in [-0.4, -0.2) is 30.6 Å². The molecule has 0 unspecified atom stereocenters. The van der Waals surface area contributed by atoms with Crippen LogP contribution in [0.2, 0.25) is 0 Å². The van der Waals surface area contributed by atoms with Crippen molar-refractivity contribution < 1.29 is 4.74 Å². The topological polar surface area (TPSA) is 38.5 Å². The number of hydrogen-bond donors (Lipinski definition) is 1. The number of nitrogens with zero attached hydrogens (tertiary/aromatic N) is 1. The standard InChI is InChI=1S/C16H26N2O/c1-13(2)8-9-18(15-6-7-15)10-11-19-16-5-3-4-14(17)12-16/h3-5,12-13,15H,6-11,17H2,1-2H3. The first kappa shape index (κ1) is 14.2. The summed E-state index contributed by atoms with van der Waals surface area (Å²) in [6.45, 7) is 7.54. The van der Waals surface area contributed by atoms with Crippen LogP contribution in [-0.2, 0) is 0 Å². The Morgan fingerprint density at radius 3 is 2.74 bits per heavy atom. The van der Waals surface area contributed by atoms with Crippen LogP contribution in [0.15, 0.2) is 24.3 Å². The van der Waals surface area contributed by atoms with Crippen LogP contribution in [0.3, 0.4) is 0 Å². The number of hydrogen-bond acceptors (Lipinski definition) is 3. The second kappa shape index (κ2) is 6.80. The molecule has 2 rings (SSSR count). The van der Waals surface area contributed by atoms with Crippen molar-refractivity contribution in [2.24, 2.45) is 5.92 Å². The zero-order valence-electron chi connectivity index (χ0n) is 12.1. The normalized spacial score (nSPS) is 15.2. The second-order valence-corrected chi connectivity index (χ2v) is 5.87. The highest BCUT2D eigenvalue weighted by atomic mass is 16.5. The van der Waals surface area contributed by atoms with E-state index in [1.165, 1.54) is 25.8 Å². The van der Waals surface area contributed by atoms with Crippen molar-refractivity contribution >= 4 is 5.69 Å². The molecule has 0 aliphatic heterocycles. The van der Waals surface area contributed by atoms with Gasteiger partial charge in [-0.05, 0) is 43.9 Å². The minimum Gasteiger partial charge on any atom is -0.492 e. The highest BCUT2D eigenvalue weighted by molar-refractivity contribution is 5.43.